The van der Waals surface area contributed by atoms with Crippen LogP contribution >= 0.6 is 0 Å². The van der Waals surface area contributed by atoms with Gasteiger partial charge in [0.15, 0.2) is 5.65 Å². The molecule has 0 atom stereocenters. The van der Waals surface area contributed by atoms with Crippen LogP contribution in [-0.4, -0.2) is 34.9 Å². The molecule has 1 N–H and O–H groups in total. The molecule has 1 aromatic carbocycles. The van der Waals surface area contributed by atoms with Gasteiger partial charge >= 0.3 is 0 Å². The molecule has 5 heteroatoms. The molecule has 0 fully saturated rings. The number of nitrogens with zero attached hydrogens (tertiary/aromatic N) is 3. The Labute approximate surface area is 130 Å². The van der Waals surface area contributed by atoms with E-state index in [-0.39, 0.29) is 0 Å². The van der Waals surface area contributed by atoms with E-state index in [0.717, 1.165) is 40.5 Å². The summed E-state index contributed by atoms with van der Waals surface area (Å²) in [6.07, 6.45) is 0. The van der Waals surface area contributed by atoms with E-state index in [2.05, 4.69) is 29.4 Å². The minimum atomic E-state index is 0.647. The predicted octanol–water partition coefficient (Wildman–Crippen LogP) is 3.07. The number of aryl methyl sites for hydroxylation is 2. The average Bonchev–Trinajstić information content (AvgIpc) is 2.86. The van der Waals surface area contributed by atoms with E-state index in [1.807, 2.05) is 35.7 Å². The second kappa shape index (κ2) is 6.15. The number of nitrogens with one attached hydrogen (secondary N) is 1. The van der Waals surface area contributed by atoms with E-state index >= 15 is 0 Å². The van der Waals surface area contributed by atoms with Crippen molar-refractivity contribution in [2.24, 2.45) is 0 Å². The Balaban J connectivity index is 2.10. The molecule has 0 aliphatic heterocycles. The Morgan fingerprint density at radius 1 is 1.18 bits per heavy atom. The summed E-state index contributed by atoms with van der Waals surface area (Å²) in [6.45, 7) is 5.44. The van der Waals surface area contributed by atoms with E-state index in [1.165, 1.54) is 0 Å². The Morgan fingerprint density at radius 2 is 1.95 bits per heavy atom. The zero-order chi connectivity index (χ0) is 15.5. The second-order valence-electron chi connectivity index (χ2n) is 5.28. The van der Waals surface area contributed by atoms with Crippen molar-refractivity contribution in [2.45, 2.75) is 13.8 Å². The van der Waals surface area contributed by atoms with Gasteiger partial charge in [0, 0.05) is 36.5 Å². The third kappa shape index (κ3) is 2.67. The standard InChI is InChI=1S/C17H20N4O/c1-12-11-15(18-9-10-22-3)21-17(19-12)13(2)16(20-21)14-7-5-4-6-8-14/h4-8,11,18H,9-10H2,1-3H3. The maximum absolute atomic E-state index is 5.10. The van der Waals surface area contributed by atoms with Crippen molar-refractivity contribution in [1.82, 2.24) is 14.6 Å². The molecule has 0 bridgehead atoms. The summed E-state index contributed by atoms with van der Waals surface area (Å²) >= 11 is 0. The number of rotatable bonds is 5. The summed E-state index contributed by atoms with van der Waals surface area (Å²) in [5.74, 6) is 0.935. The minimum Gasteiger partial charge on any atom is -0.383 e. The van der Waals surface area contributed by atoms with Crippen LogP contribution in [-0.2, 0) is 4.74 Å². The first-order chi connectivity index (χ1) is 10.7. The highest BCUT2D eigenvalue weighted by Gasteiger charge is 2.14. The lowest BCUT2D eigenvalue weighted by Crippen LogP contribution is -2.12. The molecule has 2 heterocycles. The summed E-state index contributed by atoms with van der Waals surface area (Å²) in [4.78, 5) is 4.64. The molecule has 0 spiro atoms. The van der Waals surface area contributed by atoms with Crippen molar-refractivity contribution in [3.05, 3.63) is 47.7 Å². The molecule has 22 heavy (non-hydrogen) atoms. The van der Waals surface area contributed by atoms with Gasteiger partial charge in [0.2, 0.25) is 0 Å². The summed E-state index contributed by atoms with van der Waals surface area (Å²) in [6, 6.07) is 12.2. The van der Waals surface area contributed by atoms with Crippen LogP contribution in [0.2, 0.25) is 0 Å². The second-order valence-corrected chi connectivity index (χ2v) is 5.28. The van der Waals surface area contributed by atoms with Crippen LogP contribution in [0.3, 0.4) is 0 Å². The lowest BCUT2D eigenvalue weighted by Gasteiger charge is -2.08. The number of aromatic nitrogens is 3. The van der Waals surface area contributed by atoms with Gasteiger partial charge in [-0.2, -0.15) is 9.61 Å². The van der Waals surface area contributed by atoms with Crippen molar-refractivity contribution in [3.63, 3.8) is 0 Å². The van der Waals surface area contributed by atoms with Crippen LogP contribution in [0.15, 0.2) is 36.4 Å². The number of anilines is 1. The Hall–Kier alpha value is -2.40. The molecule has 3 aromatic rings. The largest absolute Gasteiger partial charge is 0.383 e. The van der Waals surface area contributed by atoms with Gasteiger partial charge < -0.3 is 10.1 Å². The zero-order valence-corrected chi connectivity index (χ0v) is 13.1. The molecule has 0 radical (unpaired) electrons. The van der Waals surface area contributed by atoms with E-state index in [4.69, 9.17) is 9.84 Å². The smallest absolute Gasteiger partial charge is 0.161 e. The van der Waals surface area contributed by atoms with Crippen molar-refractivity contribution < 1.29 is 4.74 Å². The average molecular weight is 296 g/mol. The Kier molecular flexibility index (Phi) is 4.06. The molecule has 114 valence electrons. The van der Waals surface area contributed by atoms with Gasteiger partial charge in [-0.25, -0.2) is 4.98 Å². The van der Waals surface area contributed by atoms with Crippen LogP contribution in [0.4, 0.5) is 5.82 Å². The first-order valence-corrected chi connectivity index (χ1v) is 7.36. The molecular weight excluding hydrogens is 276 g/mol. The molecule has 0 aliphatic carbocycles. The molecule has 0 saturated heterocycles. The number of ether oxygens (including phenoxy) is 1. The van der Waals surface area contributed by atoms with Gasteiger partial charge in [0.1, 0.15) is 5.82 Å². The van der Waals surface area contributed by atoms with Crippen molar-refractivity contribution in [1.29, 1.82) is 0 Å². The first-order valence-electron chi connectivity index (χ1n) is 7.36. The van der Waals surface area contributed by atoms with Crippen LogP contribution in [0.25, 0.3) is 16.9 Å². The van der Waals surface area contributed by atoms with Crippen LogP contribution < -0.4 is 5.32 Å². The maximum atomic E-state index is 5.10. The van der Waals surface area contributed by atoms with Gasteiger partial charge in [-0.05, 0) is 13.8 Å². The number of methoxy groups -OCH3 is 1. The molecular formula is C17H20N4O. The maximum Gasteiger partial charge on any atom is 0.161 e. The lowest BCUT2D eigenvalue weighted by molar-refractivity contribution is 0.210. The number of fused-ring (bicyclic) bond motifs is 1. The fraction of sp³-hybridized carbons (Fsp3) is 0.294. The highest BCUT2D eigenvalue weighted by molar-refractivity contribution is 5.71. The first kappa shape index (κ1) is 14.5. The highest BCUT2D eigenvalue weighted by atomic mass is 16.5. The van der Waals surface area contributed by atoms with E-state index < -0.39 is 0 Å². The molecule has 0 amide bonds. The van der Waals surface area contributed by atoms with Crippen molar-refractivity contribution in [2.75, 3.05) is 25.6 Å². The minimum absolute atomic E-state index is 0.647. The van der Waals surface area contributed by atoms with E-state index in [0.29, 0.717) is 6.61 Å². The summed E-state index contributed by atoms with van der Waals surface area (Å²) < 4.78 is 6.97. The van der Waals surface area contributed by atoms with E-state index in [1.54, 1.807) is 7.11 Å². The van der Waals surface area contributed by atoms with Gasteiger partial charge in [-0.15, -0.1) is 0 Å². The molecule has 0 saturated carbocycles. The fourth-order valence-electron chi connectivity index (χ4n) is 2.52. The summed E-state index contributed by atoms with van der Waals surface area (Å²) in [7, 11) is 1.70. The third-order valence-electron chi connectivity index (χ3n) is 3.61. The van der Waals surface area contributed by atoms with Crippen LogP contribution in [0.5, 0.6) is 0 Å². The van der Waals surface area contributed by atoms with Gasteiger partial charge in [0.25, 0.3) is 0 Å². The van der Waals surface area contributed by atoms with Gasteiger partial charge in [-0.3, -0.25) is 0 Å². The third-order valence-corrected chi connectivity index (χ3v) is 3.61. The molecule has 2 aromatic heterocycles. The summed E-state index contributed by atoms with van der Waals surface area (Å²) in [5.41, 5.74) is 5.01. The Bertz CT molecular complexity index is 780. The lowest BCUT2D eigenvalue weighted by atomic mass is 10.1. The number of hydrogen-bond acceptors (Lipinski definition) is 4. The van der Waals surface area contributed by atoms with Crippen LogP contribution in [0, 0.1) is 13.8 Å². The van der Waals surface area contributed by atoms with E-state index in [9.17, 15) is 0 Å². The van der Waals surface area contributed by atoms with Crippen molar-refractivity contribution in [3.8, 4) is 11.3 Å². The molecule has 5 nitrogen and oxygen atoms in total. The fourth-order valence-corrected chi connectivity index (χ4v) is 2.52. The zero-order valence-electron chi connectivity index (χ0n) is 13.1. The van der Waals surface area contributed by atoms with Crippen molar-refractivity contribution >= 4 is 11.5 Å². The quantitative estimate of drug-likeness (QED) is 0.735. The summed E-state index contributed by atoms with van der Waals surface area (Å²) in [5, 5.41) is 8.11. The molecule has 0 aliphatic rings. The van der Waals surface area contributed by atoms with Gasteiger partial charge in [-0.1, -0.05) is 30.3 Å². The topological polar surface area (TPSA) is 51.5 Å². The highest BCUT2D eigenvalue weighted by Crippen LogP contribution is 2.26. The monoisotopic (exact) mass is 296 g/mol. The number of hydrogen-bond donors (Lipinski definition) is 1. The normalized spacial score (nSPS) is 11.0. The number of benzene rings is 1. The molecule has 3 rings (SSSR count). The van der Waals surface area contributed by atoms with Gasteiger partial charge in [0.05, 0.1) is 12.3 Å². The van der Waals surface area contributed by atoms with Crippen LogP contribution in [0.1, 0.15) is 11.3 Å². The Morgan fingerprint density at radius 3 is 2.68 bits per heavy atom. The SMILES string of the molecule is COCCNc1cc(C)nc2c(C)c(-c3ccccc3)nn12. The molecule has 0 unspecified atom stereocenters. The predicted molar refractivity (Wildman–Crippen MR) is 88.3 cm³/mol.